The number of rotatable bonds is 5. The normalized spacial score (nSPS) is 19.7. The lowest BCUT2D eigenvalue weighted by Crippen LogP contribution is -2.40. The zero-order valence-electron chi connectivity index (χ0n) is 11.7. The van der Waals surface area contributed by atoms with Crippen molar-refractivity contribution in [3.63, 3.8) is 0 Å². The molecule has 0 saturated carbocycles. The third-order valence-electron chi connectivity index (χ3n) is 3.21. The lowest BCUT2D eigenvalue weighted by atomic mass is 10.2. The van der Waals surface area contributed by atoms with E-state index in [1.165, 1.54) is 18.6 Å². The molecule has 5 nitrogen and oxygen atoms in total. The fourth-order valence-corrected chi connectivity index (χ4v) is 3.26. The van der Waals surface area contributed by atoms with Crippen molar-refractivity contribution in [3.8, 4) is 0 Å². The van der Waals surface area contributed by atoms with E-state index in [0.29, 0.717) is 6.54 Å². The van der Waals surface area contributed by atoms with Crippen molar-refractivity contribution in [1.29, 1.82) is 0 Å². The maximum Gasteiger partial charge on any atom is 0.191 e. The summed E-state index contributed by atoms with van der Waals surface area (Å²) in [7, 11) is 0. The van der Waals surface area contributed by atoms with Crippen molar-refractivity contribution in [2.75, 3.05) is 18.8 Å². The molecule has 1 aliphatic rings. The molecular formula is C13H23N5S. The number of H-pyrrole nitrogens is 1. The Hall–Kier alpha value is -1.17. The monoisotopic (exact) mass is 281 g/mol. The van der Waals surface area contributed by atoms with Crippen LogP contribution in [0.1, 0.15) is 31.0 Å². The topological polar surface area (TPSA) is 65.1 Å². The molecule has 0 aliphatic carbocycles. The Bertz CT molecular complexity index is 409. The molecule has 1 atom stereocenters. The third kappa shape index (κ3) is 4.45. The number of hydrogen-bond acceptors (Lipinski definition) is 3. The first-order valence-electron chi connectivity index (χ1n) is 6.92. The van der Waals surface area contributed by atoms with Gasteiger partial charge in [0.15, 0.2) is 5.96 Å². The van der Waals surface area contributed by atoms with Gasteiger partial charge in [0, 0.05) is 29.6 Å². The van der Waals surface area contributed by atoms with Gasteiger partial charge in [-0.05, 0) is 32.4 Å². The lowest BCUT2D eigenvalue weighted by molar-refractivity contribution is 0.727. The quantitative estimate of drug-likeness (QED) is 0.567. The SMILES string of the molecule is CCNC(=NCc1cn[nH]c1C)NCC1CCCS1. The second kappa shape index (κ2) is 7.43. The summed E-state index contributed by atoms with van der Waals surface area (Å²) in [5, 5.41) is 14.4. The van der Waals surface area contributed by atoms with E-state index in [4.69, 9.17) is 0 Å². The summed E-state index contributed by atoms with van der Waals surface area (Å²) in [5.41, 5.74) is 2.23. The van der Waals surface area contributed by atoms with E-state index in [-0.39, 0.29) is 0 Å². The van der Waals surface area contributed by atoms with E-state index in [2.05, 4.69) is 44.5 Å². The minimum Gasteiger partial charge on any atom is -0.357 e. The molecule has 1 fully saturated rings. The molecule has 2 rings (SSSR count). The summed E-state index contributed by atoms with van der Waals surface area (Å²) in [4.78, 5) is 4.60. The number of nitrogens with one attached hydrogen (secondary N) is 3. The van der Waals surface area contributed by atoms with Gasteiger partial charge in [-0.25, -0.2) is 4.99 Å². The van der Waals surface area contributed by atoms with Crippen molar-refractivity contribution in [2.24, 2.45) is 4.99 Å². The molecule has 0 radical (unpaired) electrons. The van der Waals surface area contributed by atoms with Gasteiger partial charge in [-0.15, -0.1) is 0 Å². The number of aliphatic imine (C=N–C) groups is 1. The first-order valence-corrected chi connectivity index (χ1v) is 7.97. The zero-order valence-corrected chi connectivity index (χ0v) is 12.5. The second-order valence-electron chi connectivity index (χ2n) is 4.73. The zero-order chi connectivity index (χ0) is 13.5. The maximum absolute atomic E-state index is 4.60. The summed E-state index contributed by atoms with van der Waals surface area (Å²) in [6.07, 6.45) is 4.51. The molecule has 1 saturated heterocycles. The van der Waals surface area contributed by atoms with E-state index in [1.807, 2.05) is 13.1 Å². The van der Waals surface area contributed by atoms with Crippen LogP contribution in [0.15, 0.2) is 11.2 Å². The van der Waals surface area contributed by atoms with Crippen molar-refractivity contribution in [1.82, 2.24) is 20.8 Å². The van der Waals surface area contributed by atoms with Gasteiger partial charge in [-0.2, -0.15) is 16.9 Å². The summed E-state index contributed by atoms with van der Waals surface area (Å²) >= 11 is 2.06. The average molecular weight is 281 g/mol. The largest absolute Gasteiger partial charge is 0.357 e. The maximum atomic E-state index is 4.60. The van der Waals surface area contributed by atoms with E-state index in [9.17, 15) is 0 Å². The Balaban J connectivity index is 1.85. The van der Waals surface area contributed by atoms with Crippen LogP contribution in [0.4, 0.5) is 0 Å². The fourth-order valence-electron chi connectivity index (χ4n) is 2.06. The number of aromatic amines is 1. The van der Waals surface area contributed by atoms with Crippen LogP contribution in [-0.2, 0) is 6.54 Å². The summed E-state index contributed by atoms with van der Waals surface area (Å²) in [5.74, 6) is 2.20. The van der Waals surface area contributed by atoms with E-state index in [0.717, 1.165) is 35.6 Å². The number of hydrogen-bond donors (Lipinski definition) is 3. The molecule has 1 aliphatic heterocycles. The van der Waals surface area contributed by atoms with Crippen LogP contribution in [0.2, 0.25) is 0 Å². The highest BCUT2D eigenvalue weighted by molar-refractivity contribution is 8.00. The van der Waals surface area contributed by atoms with Gasteiger partial charge in [0.05, 0.1) is 12.7 Å². The summed E-state index contributed by atoms with van der Waals surface area (Å²) < 4.78 is 0. The minimum absolute atomic E-state index is 0.662. The fraction of sp³-hybridized carbons (Fsp3) is 0.692. The standard InChI is InChI=1S/C13H23N5S/c1-3-14-13(16-9-12-5-4-6-19-12)15-7-11-8-17-18-10(11)2/h8,12H,3-7,9H2,1-2H3,(H,17,18)(H2,14,15,16). The van der Waals surface area contributed by atoms with Gasteiger partial charge in [-0.3, -0.25) is 5.10 Å². The van der Waals surface area contributed by atoms with Gasteiger partial charge in [-0.1, -0.05) is 0 Å². The van der Waals surface area contributed by atoms with Crippen molar-refractivity contribution >= 4 is 17.7 Å². The van der Waals surface area contributed by atoms with Crippen molar-refractivity contribution in [2.45, 2.75) is 38.5 Å². The van der Waals surface area contributed by atoms with E-state index >= 15 is 0 Å². The van der Waals surface area contributed by atoms with Crippen molar-refractivity contribution in [3.05, 3.63) is 17.5 Å². The average Bonchev–Trinajstić information content (AvgIpc) is 3.04. The van der Waals surface area contributed by atoms with Crippen LogP contribution in [0.3, 0.4) is 0 Å². The first-order chi connectivity index (χ1) is 9.29. The van der Waals surface area contributed by atoms with Crippen LogP contribution >= 0.6 is 11.8 Å². The highest BCUT2D eigenvalue weighted by atomic mass is 32.2. The van der Waals surface area contributed by atoms with Crippen LogP contribution in [0.5, 0.6) is 0 Å². The molecule has 0 aromatic carbocycles. The summed E-state index contributed by atoms with van der Waals surface area (Å²) in [6, 6.07) is 0. The number of aromatic nitrogens is 2. The molecule has 106 valence electrons. The molecule has 0 bridgehead atoms. The van der Waals surface area contributed by atoms with E-state index in [1.54, 1.807) is 0 Å². The number of nitrogens with zero attached hydrogens (tertiary/aromatic N) is 2. The Labute approximate surface area is 119 Å². The molecule has 1 aromatic rings. The molecule has 6 heteroatoms. The van der Waals surface area contributed by atoms with Gasteiger partial charge in [0.1, 0.15) is 0 Å². The highest BCUT2D eigenvalue weighted by Crippen LogP contribution is 2.25. The smallest absolute Gasteiger partial charge is 0.191 e. The van der Waals surface area contributed by atoms with Gasteiger partial charge in [0.2, 0.25) is 0 Å². The summed E-state index contributed by atoms with van der Waals surface area (Å²) in [6.45, 7) is 6.66. The molecule has 3 N–H and O–H groups in total. The lowest BCUT2D eigenvalue weighted by Gasteiger charge is -2.14. The Morgan fingerprint density at radius 2 is 2.47 bits per heavy atom. The molecule has 2 heterocycles. The molecule has 0 spiro atoms. The molecule has 19 heavy (non-hydrogen) atoms. The van der Waals surface area contributed by atoms with Crippen LogP contribution in [-0.4, -0.2) is 40.2 Å². The Morgan fingerprint density at radius 3 is 3.11 bits per heavy atom. The van der Waals surface area contributed by atoms with Crippen LogP contribution in [0.25, 0.3) is 0 Å². The van der Waals surface area contributed by atoms with Gasteiger partial charge >= 0.3 is 0 Å². The third-order valence-corrected chi connectivity index (χ3v) is 4.61. The molecular weight excluding hydrogens is 258 g/mol. The molecule has 1 aromatic heterocycles. The van der Waals surface area contributed by atoms with Crippen LogP contribution in [0, 0.1) is 6.92 Å². The molecule has 0 amide bonds. The number of thioether (sulfide) groups is 1. The Morgan fingerprint density at radius 1 is 1.58 bits per heavy atom. The second-order valence-corrected chi connectivity index (χ2v) is 6.14. The molecule has 1 unspecified atom stereocenters. The first kappa shape index (κ1) is 14.2. The predicted molar refractivity (Wildman–Crippen MR) is 81.6 cm³/mol. The predicted octanol–water partition coefficient (Wildman–Crippen LogP) is 1.67. The van der Waals surface area contributed by atoms with E-state index < -0.39 is 0 Å². The van der Waals surface area contributed by atoms with Gasteiger partial charge < -0.3 is 10.6 Å². The van der Waals surface area contributed by atoms with Gasteiger partial charge in [0.25, 0.3) is 0 Å². The Kier molecular flexibility index (Phi) is 5.57. The number of guanidine groups is 1. The van der Waals surface area contributed by atoms with Crippen molar-refractivity contribution < 1.29 is 0 Å². The minimum atomic E-state index is 0.662. The number of aryl methyl sites for hydroxylation is 1. The highest BCUT2D eigenvalue weighted by Gasteiger charge is 2.15. The van der Waals surface area contributed by atoms with Crippen LogP contribution < -0.4 is 10.6 Å².